The van der Waals surface area contributed by atoms with Gasteiger partial charge in [0.05, 0.1) is 46.2 Å². The molecule has 2 N–H and O–H groups in total. The van der Waals surface area contributed by atoms with Gasteiger partial charge >= 0.3 is 5.97 Å². The number of aliphatic hydroxyl groups is 1. The molecule has 2 bridgehead atoms. The van der Waals surface area contributed by atoms with Gasteiger partial charge in [0.1, 0.15) is 27.6 Å². The van der Waals surface area contributed by atoms with Crippen molar-refractivity contribution in [2.45, 2.75) is 49.9 Å². The second-order valence-electron chi connectivity index (χ2n) is 11.0. The van der Waals surface area contributed by atoms with Crippen LogP contribution >= 0.6 is 34.5 Å². The van der Waals surface area contributed by atoms with E-state index in [2.05, 4.69) is 10.1 Å². The van der Waals surface area contributed by atoms with Crippen molar-refractivity contribution in [3.05, 3.63) is 68.1 Å². The number of carboxylic acids is 1. The molecule has 3 aliphatic rings. The number of hydrogen-bond donors (Lipinski definition) is 2. The van der Waals surface area contributed by atoms with E-state index < -0.39 is 17.4 Å². The second kappa shape index (κ2) is 10.3. The minimum Gasteiger partial charge on any atom is -0.478 e. The molecule has 1 unspecified atom stereocenters. The molecule has 8 nitrogen and oxygen atoms in total. The van der Waals surface area contributed by atoms with E-state index in [0.717, 1.165) is 41.6 Å². The molecule has 7 rings (SSSR count). The molecule has 0 radical (unpaired) electrons. The molecule has 2 aliphatic carbocycles. The first-order valence-corrected chi connectivity index (χ1v) is 15.0. The van der Waals surface area contributed by atoms with E-state index in [-0.39, 0.29) is 35.6 Å². The summed E-state index contributed by atoms with van der Waals surface area (Å²) in [4.78, 5) is 15.9. The zero-order valence-corrected chi connectivity index (χ0v) is 23.9. The van der Waals surface area contributed by atoms with Crippen molar-refractivity contribution in [3.63, 3.8) is 0 Å². The van der Waals surface area contributed by atoms with Gasteiger partial charge in [-0.1, -0.05) is 34.4 Å². The Morgan fingerprint density at radius 2 is 1.88 bits per heavy atom. The number of ether oxygens (including phenoxy) is 2. The van der Waals surface area contributed by atoms with E-state index in [9.17, 15) is 19.4 Å². The lowest BCUT2D eigenvalue weighted by Gasteiger charge is -2.50. The summed E-state index contributed by atoms with van der Waals surface area (Å²) < 4.78 is 33.2. The molecule has 0 spiro atoms. The molecule has 214 valence electrons. The monoisotopic (exact) mass is 618 g/mol. The maximum absolute atomic E-state index is 14.7. The predicted molar refractivity (Wildman–Crippen MR) is 150 cm³/mol. The van der Waals surface area contributed by atoms with Gasteiger partial charge in [0.25, 0.3) is 0 Å². The Hall–Kier alpha value is -2.60. The third kappa shape index (κ3) is 4.65. The largest absolute Gasteiger partial charge is 0.478 e. The highest BCUT2D eigenvalue weighted by Gasteiger charge is 2.55. The van der Waals surface area contributed by atoms with Gasteiger partial charge in [-0.05, 0) is 49.9 Å². The Morgan fingerprint density at radius 3 is 2.54 bits per heavy atom. The maximum Gasteiger partial charge on any atom is 0.335 e. The lowest BCUT2D eigenvalue weighted by molar-refractivity contribution is -0.209. The number of fused-ring (bicyclic) bond motifs is 3. The van der Waals surface area contributed by atoms with Crippen LogP contribution < -0.4 is 0 Å². The van der Waals surface area contributed by atoms with Crippen LogP contribution in [0.25, 0.3) is 21.5 Å². The highest BCUT2D eigenvalue weighted by Crippen LogP contribution is 2.52. The number of halogens is 3. The first-order valence-electron chi connectivity index (χ1n) is 13.4. The summed E-state index contributed by atoms with van der Waals surface area (Å²) in [5.74, 6) is -1.54. The third-order valence-corrected chi connectivity index (χ3v) is 10.2. The Bertz CT molecular complexity index is 1640. The highest BCUT2D eigenvalue weighted by molar-refractivity contribution is 7.18. The van der Waals surface area contributed by atoms with Crippen molar-refractivity contribution < 1.29 is 33.4 Å². The van der Waals surface area contributed by atoms with Crippen LogP contribution in [-0.2, 0) is 21.7 Å². The SMILES string of the molecule is O=C(O)c1cc(F)c2nc([C@]3(O)[C@@H]4COC[C@H]3CC(OCc3c(-c5c(Cl)cccc5Cl)noc3C3CC3)C4)sc2c1. The zero-order chi connectivity index (χ0) is 28.5. The van der Waals surface area contributed by atoms with Crippen molar-refractivity contribution in [2.75, 3.05) is 13.2 Å². The van der Waals surface area contributed by atoms with E-state index >= 15 is 0 Å². The van der Waals surface area contributed by atoms with Gasteiger partial charge in [0.2, 0.25) is 0 Å². The minimum atomic E-state index is -1.34. The molecule has 2 aromatic carbocycles. The number of thiazole rings is 1. The zero-order valence-electron chi connectivity index (χ0n) is 21.6. The van der Waals surface area contributed by atoms with Crippen LogP contribution in [0.3, 0.4) is 0 Å². The van der Waals surface area contributed by atoms with Gasteiger partial charge in [-0.2, -0.15) is 0 Å². The number of aromatic carboxylic acids is 1. The molecule has 3 fully saturated rings. The Kier molecular flexibility index (Phi) is 6.84. The maximum atomic E-state index is 14.7. The van der Waals surface area contributed by atoms with Crippen LogP contribution in [0.4, 0.5) is 4.39 Å². The molecular formula is C29H25Cl2FN2O6S. The molecule has 1 aliphatic heterocycles. The second-order valence-corrected chi connectivity index (χ2v) is 12.9. The van der Waals surface area contributed by atoms with Crippen molar-refractivity contribution in [1.29, 1.82) is 0 Å². The Labute approximate surface area is 248 Å². The van der Waals surface area contributed by atoms with Crippen molar-refractivity contribution in [1.82, 2.24) is 10.1 Å². The molecular weight excluding hydrogens is 594 g/mol. The van der Waals surface area contributed by atoms with E-state index in [1.807, 2.05) is 0 Å². The van der Waals surface area contributed by atoms with E-state index in [4.69, 9.17) is 37.2 Å². The van der Waals surface area contributed by atoms with Gasteiger partial charge in [-0.3, -0.25) is 0 Å². The molecule has 2 saturated carbocycles. The first kappa shape index (κ1) is 27.2. The molecule has 1 saturated heterocycles. The molecule has 4 aromatic rings. The number of nitrogens with zero attached hydrogens (tertiary/aromatic N) is 2. The Morgan fingerprint density at radius 1 is 1.17 bits per heavy atom. The number of carboxylic acid groups (broad SMARTS) is 1. The van der Waals surface area contributed by atoms with Crippen LogP contribution in [0.1, 0.15) is 58.3 Å². The number of carbonyl (C=O) groups is 1. The van der Waals surface area contributed by atoms with E-state index in [1.54, 1.807) is 18.2 Å². The van der Waals surface area contributed by atoms with Crippen molar-refractivity contribution >= 4 is 50.7 Å². The molecule has 3 heterocycles. The summed E-state index contributed by atoms with van der Waals surface area (Å²) in [5.41, 5.74) is 0.587. The van der Waals surface area contributed by atoms with Crippen LogP contribution in [0.2, 0.25) is 10.0 Å². The summed E-state index contributed by atoms with van der Waals surface area (Å²) in [6, 6.07) is 7.65. The summed E-state index contributed by atoms with van der Waals surface area (Å²) in [7, 11) is 0. The topological polar surface area (TPSA) is 115 Å². The lowest BCUT2D eigenvalue weighted by atomic mass is 9.66. The molecule has 2 aromatic heterocycles. The summed E-state index contributed by atoms with van der Waals surface area (Å²) in [6.45, 7) is 0.847. The molecule has 0 amide bonds. The van der Waals surface area contributed by atoms with E-state index in [1.165, 1.54) is 6.07 Å². The van der Waals surface area contributed by atoms with Gasteiger partial charge in [-0.15, -0.1) is 11.3 Å². The highest BCUT2D eigenvalue weighted by atomic mass is 35.5. The summed E-state index contributed by atoms with van der Waals surface area (Å²) in [5, 5.41) is 27.1. The summed E-state index contributed by atoms with van der Waals surface area (Å²) in [6.07, 6.45) is 2.85. The van der Waals surface area contributed by atoms with Crippen LogP contribution in [0, 0.1) is 17.7 Å². The lowest BCUT2D eigenvalue weighted by Crippen LogP contribution is -2.55. The predicted octanol–water partition coefficient (Wildman–Crippen LogP) is 6.80. The fourth-order valence-corrected chi connectivity index (χ4v) is 8.03. The quantitative estimate of drug-likeness (QED) is 0.232. The average Bonchev–Trinajstić information content (AvgIpc) is 3.52. The molecule has 41 heavy (non-hydrogen) atoms. The van der Waals surface area contributed by atoms with Gasteiger partial charge in [-0.25, -0.2) is 14.2 Å². The van der Waals surface area contributed by atoms with Crippen LogP contribution in [-0.4, -0.2) is 45.6 Å². The number of benzene rings is 2. The Balaban J connectivity index is 1.15. The molecule has 4 atom stereocenters. The van der Waals surface area contributed by atoms with Gasteiger partial charge in [0, 0.05) is 28.9 Å². The number of rotatable bonds is 7. The smallest absolute Gasteiger partial charge is 0.335 e. The standard InChI is InChI=1S/C29H25Cl2FN2O6S/c30-19-2-1-3-20(31)23(19)24-18(26(40-34-24)13-4-5-13)12-39-17-8-15-10-38-11-16(9-17)29(15,37)28-33-25-21(32)6-14(27(35)36)7-22(25)41-28/h1-3,6-7,13,15-17,37H,4-5,8-12H2,(H,35,36)/t15-,16+,17?,29-. The van der Waals surface area contributed by atoms with Gasteiger partial charge in [0.15, 0.2) is 5.82 Å². The van der Waals surface area contributed by atoms with Crippen LogP contribution in [0.5, 0.6) is 0 Å². The van der Waals surface area contributed by atoms with Crippen molar-refractivity contribution in [2.24, 2.45) is 11.8 Å². The third-order valence-electron chi connectivity index (χ3n) is 8.45. The summed E-state index contributed by atoms with van der Waals surface area (Å²) >= 11 is 14.1. The minimum absolute atomic E-state index is 0.0617. The average molecular weight is 619 g/mol. The van der Waals surface area contributed by atoms with E-state index in [0.29, 0.717) is 63.0 Å². The fraction of sp³-hybridized carbons (Fsp3) is 0.414. The van der Waals surface area contributed by atoms with Crippen molar-refractivity contribution in [3.8, 4) is 11.3 Å². The first-order chi connectivity index (χ1) is 19.7. The van der Waals surface area contributed by atoms with Crippen LogP contribution in [0.15, 0.2) is 34.9 Å². The number of aromatic nitrogens is 2. The molecule has 12 heteroatoms. The number of hydrogen-bond acceptors (Lipinski definition) is 8. The van der Waals surface area contributed by atoms with Gasteiger partial charge < -0.3 is 24.2 Å². The fourth-order valence-electron chi connectivity index (χ4n) is 6.18. The normalized spacial score (nSPS) is 26.0.